The Morgan fingerprint density at radius 1 is 0.897 bits per heavy atom. The zero-order chi connectivity index (χ0) is 20.6. The van der Waals surface area contributed by atoms with Gasteiger partial charge in [0.1, 0.15) is 16.4 Å². The van der Waals surface area contributed by atoms with E-state index in [0.717, 1.165) is 16.7 Å². The Kier molecular flexibility index (Phi) is 4.72. The topological polar surface area (TPSA) is 69.7 Å². The molecule has 4 rings (SSSR count). The van der Waals surface area contributed by atoms with Gasteiger partial charge in [-0.25, -0.2) is 0 Å². The summed E-state index contributed by atoms with van der Waals surface area (Å²) in [4.78, 5) is 12.6. The Balaban J connectivity index is 1.60. The van der Waals surface area contributed by atoms with Crippen LogP contribution >= 0.6 is 0 Å². The van der Waals surface area contributed by atoms with E-state index >= 15 is 0 Å². The van der Waals surface area contributed by atoms with E-state index in [0.29, 0.717) is 5.56 Å². The minimum atomic E-state index is -3.98. The average Bonchev–Trinajstić information content (AvgIpc) is 2.97. The molecule has 0 radical (unpaired) electrons. The minimum absolute atomic E-state index is 0.0561. The Labute approximate surface area is 169 Å². The third-order valence-corrected chi connectivity index (χ3v) is 5.76. The van der Waals surface area contributed by atoms with E-state index in [1.54, 1.807) is 18.2 Å². The zero-order valence-electron chi connectivity index (χ0n) is 15.9. The Hall–Kier alpha value is -3.38. The first-order valence-electron chi connectivity index (χ1n) is 8.98. The maximum atomic E-state index is 12.6. The number of hydrogen-bond donors (Lipinski definition) is 0. The number of fused-ring (bicyclic) bond motifs is 1. The van der Waals surface area contributed by atoms with E-state index < -0.39 is 10.1 Å². The molecule has 3 aromatic rings. The van der Waals surface area contributed by atoms with Gasteiger partial charge in [0.15, 0.2) is 5.76 Å². The first-order valence-corrected chi connectivity index (χ1v) is 10.4. The van der Waals surface area contributed by atoms with Crippen molar-refractivity contribution in [2.45, 2.75) is 18.7 Å². The molecule has 1 aliphatic heterocycles. The van der Waals surface area contributed by atoms with Crippen molar-refractivity contribution in [3.8, 4) is 11.5 Å². The van der Waals surface area contributed by atoms with Gasteiger partial charge >= 0.3 is 10.1 Å². The molecular formula is C23H18O5S. The Bertz CT molecular complexity index is 1240. The molecule has 5 nitrogen and oxygen atoms in total. The van der Waals surface area contributed by atoms with E-state index in [1.165, 1.54) is 30.3 Å². The highest BCUT2D eigenvalue weighted by atomic mass is 32.2. The van der Waals surface area contributed by atoms with Crippen molar-refractivity contribution < 1.29 is 22.1 Å². The van der Waals surface area contributed by atoms with E-state index in [1.807, 2.05) is 38.1 Å². The SMILES string of the molecule is Cc1ccc(S(=O)(=O)Oc2ccc3c(c2)O/C(=C\c2cccc(C)c2)C3=O)cc1. The van der Waals surface area contributed by atoms with E-state index in [9.17, 15) is 13.2 Å². The normalized spacial score (nSPS) is 14.6. The molecule has 0 spiro atoms. The van der Waals surface area contributed by atoms with Crippen LogP contribution in [0.1, 0.15) is 27.0 Å². The molecule has 0 fully saturated rings. The first-order chi connectivity index (χ1) is 13.8. The zero-order valence-corrected chi connectivity index (χ0v) is 16.7. The smallest absolute Gasteiger partial charge is 0.339 e. The first kappa shape index (κ1) is 19.0. The predicted molar refractivity (Wildman–Crippen MR) is 110 cm³/mol. The minimum Gasteiger partial charge on any atom is -0.452 e. The van der Waals surface area contributed by atoms with Crippen molar-refractivity contribution in [2.75, 3.05) is 0 Å². The molecule has 0 unspecified atom stereocenters. The summed E-state index contributed by atoms with van der Waals surface area (Å²) in [5, 5.41) is 0. The van der Waals surface area contributed by atoms with Crippen LogP contribution in [0, 0.1) is 13.8 Å². The van der Waals surface area contributed by atoms with Crippen molar-refractivity contribution in [3.63, 3.8) is 0 Å². The number of ketones is 1. The van der Waals surface area contributed by atoms with Gasteiger partial charge in [-0.15, -0.1) is 0 Å². The molecule has 146 valence electrons. The van der Waals surface area contributed by atoms with Gasteiger partial charge in [-0.3, -0.25) is 4.79 Å². The summed E-state index contributed by atoms with van der Waals surface area (Å²) >= 11 is 0. The summed E-state index contributed by atoms with van der Waals surface area (Å²) in [5.41, 5.74) is 3.23. The van der Waals surface area contributed by atoms with Crippen molar-refractivity contribution in [2.24, 2.45) is 0 Å². The number of carbonyl (C=O) groups is 1. The summed E-state index contributed by atoms with van der Waals surface area (Å²) in [6.07, 6.45) is 1.67. The lowest BCUT2D eigenvalue weighted by Crippen LogP contribution is -2.09. The molecular weight excluding hydrogens is 388 g/mol. The maximum Gasteiger partial charge on any atom is 0.339 e. The Morgan fingerprint density at radius 2 is 1.66 bits per heavy atom. The van der Waals surface area contributed by atoms with Crippen LogP contribution in [0.5, 0.6) is 11.5 Å². The van der Waals surface area contributed by atoms with Crippen LogP contribution < -0.4 is 8.92 Å². The summed E-state index contributed by atoms with van der Waals surface area (Å²) in [6, 6.07) is 18.4. The quantitative estimate of drug-likeness (QED) is 0.464. The fourth-order valence-electron chi connectivity index (χ4n) is 3.01. The number of ether oxygens (including phenoxy) is 1. The molecule has 0 aliphatic carbocycles. The molecule has 1 aliphatic rings. The fourth-order valence-corrected chi connectivity index (χ4v) is 3.93. The van der Waals surface area contributed by atoms with Gasteiger partial charge in [0.2, 0.25) is 5.78 Å². The maximum absolute atomic E-state index is 12.6. The largest absolute Gasteiger partial charge is 0.452 e. The van der Waals surface area contributed by atoms with Gasteiger partial charge < -0.3 is 8.92 Å². The lowest BCUT2D eigenvalue weighted by molar-refractivity contribution is 0.101. The van der Waals surface area contributed by atoms with Crippen LogP contribution in [0.4, 0.5) is 0 Å². The second-order valence-corrected chi connectivity index (χ2v) is 8.41. The van der Waals surface area contributed by atoms with E-state index in [4.69, 9.17) is 8.92 Å². The highest BCUT2D eigenvalue weighted by Gasteiger charge is 2.28. The van der Waals surface area contributed by atoms with Crippen LogP contribution in [0.15, 0.2) is 77.4 Å². The van der Waals surface area contributed by atoms with E-state index in [-0.39, 0.29) is 27.9 Å². The lowest BCUT2D eigenvalue weighted by Gasteiger charge is -2.08. The molecule has 3 aromatic carbocycles. The van der Waals surface area contributed by atoms with Gasteiger partial charge in [0.25, 0.3) is 0 Å². The third kappa shape index (κ3) is 3.93. The molecule has 0 saturated carbocycles. The van der Waals surface area contributed by atoms with Gasteiger partial charge in [-0.2, -0.15) is 8.42 Å². The fraction of sp³-hybridized carbons (Fsp3) is 0.0870. The third-order valence-electron chi connectivity index (χ3n) is 4.50. The van der Waals surface area contributed by atoms with Crippen molar-refractivity contribution in [1.82, 2.24) is 0 Å². The van der Waals surface area contributed by atoms with Crippen LogP contribution in [0.2, 0.25) is 0 Å². The van der Waals surface area contributed by atoms with Gasteiger partial charge in [-0.1, -0.05) is 47.5 Å². The van der Waals surface area contributed by atoms with Gasteiger partial charge in [0.05, 0.1) is 5.56 Å². The number of aryl methyl sites for hydroxylation is 2. The van der Waals surface area contributed by atoms with Crippen molar-refractivity contribution >= 4 is 22.0 Å². The van der Waals surface area contributed by atoms with E-state index in [2.05, 4.69) is 0 Å². The standard InChI is InChI=1S/C23H18O5S/c1-15-6-9-19(10-7-15)29(25,26)28-18-8-11-20-21(14-18)27-22(23(20)24)13-17-5-3-4-16(2)12-17/h3-14H,1-2H3/b22-13-. The number of rotatable bonds is 4. The van der Waals surface area contributed by atoms with Crippen LogP contribution in [0.3, 0.4) is 0 Å². The van der Waals surface area contributed by atoms with Gasteiger partial charge in [-0.05, 0) is 49.8 Å². The Morgan fingerprint density at radius 3 is 2.38 bits per heavy atom. The summed E-state index contributed by atoms with van der Waals surface area (Å²) in [7, 11) is -3.98. The van der Waals surface area contributed by atoms with Crippen LogP contribution in [-0.2, 0) is 10.1 Å². The highest BCUT2D eigenvalue weighted by molar-refractivity contribution is 7.87. The van der Waals surface area contributed by atoms with Gasteiger partial charge in [0, 0.05) is 6.07 Å². The molecule has 0 atom stereocenters. The molecule has 0 amide bonds. The van der Waals surface area contributed by atoms with Crippen molar-refractivity contribution in [3.05, 3.63) is 94.7 Å². The lowest BCUT2D eigenvalue weighted by atomic mass is 10.1. The second-order valence-electron chi connectivity index (χ2n) is 6.86. The van der Waals surface area contributed by atoms with Crippen LogP contribution in [0.25, 0.3) is 6.08 Å². The summed E-state index contributed by atoms with van der Waals surface area (Å²) in [5.74, 6) is 0.276. The molecule has 6 heteroatoms. The second kappa shape index (κ2) is 7.22. The number of hydrogen-bond acceptors (Lipinski definition) is 5. The molecule has 29 heavy (non-hydrogen) atoms. The molecule has 0 saturated heterocycles. The molecule has 1 heterocycles. The number of allylic oxidation sites excluding steroid dienone is 1. The summed E-state index contributed by atoms with van der Waals surface area (Å²) < 4.78 is 35.8. The monoisotopic (exact) mass is 406 g/mol. The molecule has 0 bridgehead atoms. The summed E-state index contributed by atoms with van der Waals surface area (Å²) in [6.45, 7) is 3.83. The average molecular weight is 406 g/mol. The number of Topliss-reactive ketones (excluding diaryl/α,β-unsaturated/α-hetero) is 1. The highest BCUT2D eigenvalue weighted by Crippen LogP contribution is 2.35. The van der Waals surface area contributed by atoms with Crippen molar-refractivity contribution in [1.29, 1.82) is 0 Å². The molecule has 0 N–H and O–H groups in total. The number of carbonyl (C=O) groups excluding carboxylic acids is 1. The van der Waals surface area contributed by atoms with Crippen LogP contribution in [-0.4, -0.2) is 14.2 Å². The number of benzene rings is 3. The molecule has 0 aromatic heterocycles. The predicted octanol–water partition coefficient (Wildman–Crippen LogP) is 4.69.